The number of amides is 1. The van der Waals surface area contributed by atoms with E-state index in [1.165, 1.54) is 6.07 Å². The smallest absolute Gasteiger partial charge is 0.319 e. The maximum absolute atomic E-state index is 12.9. The fraction of sp³-hybridized carbons (Fsp3) is 0.0833. The van der Waals surface area contributed by atoms with Crippen LogP contribution < -0.4 is 10.9 Å². The topological polar surface area (TPSA) is 74.8 Å². The summed E-state index contributed by atoms with van der Waals surface area (Å²) in [4.78, 5) is 22.7. The van der Waals surface area contributed by atoms with E-state index in [-0.39, 0.29) is 10.7 Å². The van der Waals surface area contributed by atoms with Gasteiger partial charge in [-0.05, 0) is 18.2 Å². The Morgan fingerprint density at radius 2 is 1.95 bits per heavy atom. The van der Waals surface area contributed by atoms with Crippen LogP contribution in [0.1, 0.15) is 16.1 Å². The minimum atomic E-state index is -4.67. The van der Waals surface area contributed by atoms with E-state index in [1.807, 2.05) is 10.4 Å². The summed E-state index contributed by atoms with van der Waals surface area (Å²) in [6, 6.07) is 5.24. The second kappa shape index (κ2) is 5.57. The fourth-order valence-corrected chi connectivity index (χ4v) is 1.76. The fourth-order valence-electron chi connectivity index (χ4n) is 1.54. The molecule has 1 aromatic carbocycles. The van der Waals surface area contributed by atoms with E-state index in [0.29, 0.717) is 0 Å². The first-order chi connectivity index (χ1) is 9.79. The van der Waals surface area contributed by atoms with Crippen molar-refractivity contribution in [3.05, 3.63) is 57.0 Å². The van der Waals surface area contributed by atoms with Crippen molar-refractivity contribution in [3.63, 3.8) is 0 Å². The van der Waals surface area contributed by atoms with Gasteiger partial charge in [-0.2, -0.15) is 18.3 Å². The Labute approximate surface area is 120 Å². The van der Waals surface area contributed by atoms with Crippen molar-refractivity contribution in [1.82, 2.24) is 10.2 Å². The van der Waals surface area contributed by atoms with Crippen molar-refractivity contribution in [2.24, 2.45) is 0 Å². The third kappa shape index (κ3) is 3.40. The van der Waals surface area contributed by atoms with Crippen LogP contribution in [0.2, 0.25) is 5.02 Å². The SMILES string of the molecule is O=C(Nc1c(Cl)cccc1C(F)(F)F)c1ccc(=O)[nH]n1. The van der Waals surface area contributed by atoms with E-state index >= 15 is 0 Å². The number of halogens is 4. The Morgan fingerprint density at radius 3 is 2.52 bits per heavy atom. The molecule has 0 aliphatic carbocycles. The van der Waals surface area contributed by atoms with Gasteiger partial charge < -0.3 is 5.32 Å². The van der Waals surface area contributed by atoms with Crippen LogP contribution in [0.15, 0.2) is 35.1 Å². The van der Waals surface area contributed by atoms with Crippen molar-refractivity contribution in [3.8, 4) is 0 Å². The largest absolute Gasteiger partial charge is 0.418 e. The molecule has 0 aliphatic rings. The van der Waals surface area contributed by atoms with E-state index < -0.39 is 28.9 Å². The van der Waals surface area contributed by atoms with Crippen LogP contribution in [0.25, 0.3) is 0 Å². The molecule has 2 aromatic rings. The molecule has 0 aliphatic heterocycles. The maximum Gasteiger partial charge on any atom is 0.418 e. The monoisotopic (exact) mass is 317 g/mol. The number of aromatic nitrogens is 2. The van der Waals surface area contributed by atoms with Gasteiger partial charge in [0.15, 0.2) is 0 Å². The molecule has 110 valence electrons. The molecule has 9 heteroatoms. The minimum absolute atomic E-state index is 0.248. The number of H-pyrrole nitrogens is 1. The van der Waals surface area contributed by atoms with E-state index in [2.05, 4.69) is 5.10 Å². The summed E-state index contributed by atoms with van der Waals surface area (Å²) in [5.74, 6) is -0.926. The number of anilines is 1. The Kier molecular flexibility index (Phi) is 3.99. The standard InChI is InChI=1S/C12H7ClF3N3O2/c13-7-3-1-2-6(12(14,15)16)10(7)17-11(21)8-4-5-9(20)19-18-8/h1-5H,(H,17,21)(H,19,20). The zero-order valence-electron chi connectivity index (χ0n) is 10.2. The molecular weight excluding hydrogens is 311 g/mol. The highest BCUT2D eigenvalue weighted by Crippen LogP contribution is 2.38. The first-order valence-electron chi connectivity index (χ1n) is 5.52. The molecule has 0 saturated heterocycles. The Morgan fingerprint density at radius 1 is 1.24 bits per heavy atom. The minimum Gasteiger partial charge on any atom is -0.319 e. The summed E-state index contributed by atoms with van der Waals surface area (Å²) >= 11 is 5.70. The van der Waals surface area contributed by atoms with Crippen molar-refractivity contribution in [2.75, 3.05) is 5.32 Å². The van der Waals surface area contributed by atoms with Gasteiger partial charge in [-0.25, -0.2) is 5.10 Å². The molecule has 5 nitrogen and oxygen atoms in total. The number of alkyl halides is 3. The molecule has 0 unspecified atom stereocenters. The van der Waals surface area contributed by atoms with E-state index in [1.54, 1.807) is 0 Å². The van der Waals surface area contributed by atoms with Crippen molar-refractivity contribution in [2.45, 2.75) is 6.18 Å². The van der Waals surface area contributed by atoms with Crippen LogP contribution in [0.5, 0.6) is 0 Å². The predicted molar refractivity (Wildman–Crippen MR) is 69.3 cm³/mol. The third-order valence-electron chi connectivity index (χ3n) is 2.47. The summed E-state index contributed by atoms with van der Waals surface area (Å²) in [7, 11) is 0. The molecule has 0 radical (unpaired) electrons. The highest BCUT2D eigenvalue weighted by Gasteiger charge is 2.34. The number of nitrogens with one attached hydrogen (secondary N) is 2. The van der Waals surface area contributed by atoms with Crippen molar-refractivity contribution < 1.29 is 18.0 Å². The van der Waals surface area contributed by atoms with Gasteiger partial charge in [-0.1, -0.05) is 17.7 Å². The lowest BCUT2D eigenvalue weighted by molar-refractivity contribution is -0.136. The van der Waals surface area contributed by atoms with Crippen LogP contribution in [0, 0.1) is 0 Å². The van der Waals surface area contributed by atoms with Crippen molar-refractivity contribution in [1.29, 1.82) is 0 Å². The molecule has 1 heterocycles. The van der Waals surface area contributed by atoms with Crippen LogP contribution >= 0.6 is 11.6 Å². The number of hydrogen-bond acceptors (Lipinski definition) is 3. The van der Waals surface area contributed by atoms with Gasteiger partial charge in [0.05, 0.1) is 16.3 Å². The molecule has 2 N–H and O–H groups in total. The Balaban J connectivity index is 2.37. The number of carbonyl (C=O) groups excluding carboxylic acids is 1. The number of para-hydroxylation sites is 1. The molecule has 21 heavy (non-hydrogen) atoms. The quantitative estimate of drug-likeness (QED) is 0.894. The number of benzene rings is 1. The van der Waals surface area contributed by atoms with Gasteiger partial charge >= 0.3 is 6.18 Å². The molecule has 0 fully saturated rings. The van der Waals surface area contributed by atoms with E-state index in [4.69, 9.17) is 11.6 Å². The molecule has 1 aromatic heterocycles. The number of carbonyl (C=O) groups is 1. The van der Waals surface area contributed by atoms with E-state index in [0.717, 1.165) is 24.3 Å². The molecule has 0 spiro atoms. The lowest BCUT2D eigenvalue weighted by Gasteiger charge is -2.14. The van der Waals surface area contributed by atoms with Crippen LogP contribution in [0.4, 0.5) is 18.9 Å². The van der Waals surface area contributed by atoms with Crippen LogP contribution in [-0.4, -0.2) is 16.1 Å². The first kappa shape index (κ1) is 15.0. The number of hydrogen-bond donors (Lipinski definition) is 2. The third-order valence-corrected chi connectivity index (χ3v) is 2.78. The number of nitrogens with zero attached hydrogens (tertiary/aromatic N) is 1. The summed E-state index contributed by atoms with van der Waals surface area (Å²) < 4.78 is 38.6. The summed E-state index contributed by atoms with van der Waals surface area (Å²) in [5, 5.41) is 7.21. The number of rotatable bonds is 2. The van der Waals surface area contributed by atoms with Gasteiger partial charge in [0, 0.05) is 6.07 Å². The zero-order valence-corrected chi connectivity index (χ0v) is 10.9. The summed E-state index contributed by atoms with van der Waals surface area (Å²) in [6.45, 7) is 0. The van der Waals surface area contributed by atoms with Gasteiger partial charge in [0.2, 0.25) is 0 Å². The lowest BCUT2D eigenvalue weighted by atomic mass is 10.1. The van der Waals surface area contributed by atoms with E-state index in [9.17, 15) is 22.8 Å². The number of aromatic amines is 1. The zero-order chi connectivity index (χ0) is 15.6. The highest BCUT2D eigenvalue weighted by molar-refractivity contribution is 6.34. The van der Waals surface area contributed by atoms with Crippen LogP contribution in [0.3, 0.4) is 0 Å². The van der Waals surface area contributed by atoms with Gasteiger partial charge in [0.25, 0.3) is 11.5 Å². The summed E-state index contributed by atoms with van der Waals surface area (Å²) in [6.07, 6.45) is -4.67. The average molecular weight is 318 g/mol. The predicted octanol–water partition coefficient (Wildman–Crippen LogP) is 2.69. The molecule has 0 atom stereocenters. The van der Waals surface area contributed by atoms with Gasteiger partial charge in [-0.15, -0.1) is 0 Å². The van der Waals surface area contributed by atoms with Gasteiger partial charge in [-0.3, -0.25) is 9.59 Å². The Hall–Kier alpha value is -2.35. The average Bonchev–Trinajstić information content (AvgIpc) is 2.40. The lowest BCUT2D eigenvalue weighted by Crippen LogP contribution is -2.20. The van der Waals surface area contributed by atoms with Gasteiger partial charge in [0.1, 0.15) is 5.69 Å². The second-order valence-corrected chi connectivity index (χ2v) is 4.33. The first-order valence-corrected chi connectivity index (χ1v) is 5.89. The maximum atomic E-state index is 12.9. The molecule has 2 rings (SSSR count). The second-order valence-electron chi connectivity index (χ2n) is 3.92. The molecule has 0 saturated carbocycles. The molecule has 1 amide bonds. The Bertz CT molecular complexity index is 723. The highest BCUT2D eigenvalue weighted by atomic mass is 35.5. The van der Waals surface area contributed by atoms with Crippen molar-refractivity contribution >= 4 is 23.2 Å². The normalized spacial score (nSPS) is 11.2. The molecular formula is C12H7ClF3N3O2. The molecule has 0 bridgehead atoms. The summed E-state index contributed by atoms with van der Waals surface area (Å²) in [5.41, 5.74) is -2.43. The van der Waals surface area contributed by atoms with Crippen LogP contribution in [-0.2, 0) is 6.18 Å².